The third-order valence-electron chi connectivity index (χ3n) is 4.41. The number of methoxy groups -OCH3 is 1. The van der Waals surface area contributed by atoms with Gasteiger partial charge in [0.25, 0.3) is 0 Å². The molecule has 1 aromatic carbocycles. The second-order valence-corrected chi connectivity index (χ2v) is 6.48. The maximum absolute atomic E-state index is 5.86. The number of ether oxygens (including phenoxy) is 3. The first-order chi connectivity index (χ1) is 11.7. The lowest BCUT2D eigenvalue weighted by Crippen LogP contribution is -2.36. The molecule has 1 saturated heterocycles. The van der Waals surface area contributed by atoms with Crippen molar-refractivity contribution < 1.29 is 14.2 Å². The van der Waals surface area contributed by atoms with Crippen LogP contribution in [0, 0.1) is 5.92 Å². The molecule has 0 radical (unpaired) electrons. The van der Waals surface area contributed by atoms with Crippen LogP contribution in [0.25, 0.3) is 0 Å². The molecule has 24 heavy (non-hydrogen) atoms. The molecule has 1 unspecified atom stereocenters. The first-order valence-electron chi connectivity index (χ1n) is 8.93. The molecular formula is C20H31NO3. The number of nitrogens with zero attached hydrogens (tertiary/aromatic N) is 1. The van der Waals surface area contributed by atoms with E-state index in [2.05, 4.69) is 18.4 Å². The molecule has 0 bridgehead atoms. The van der Waals surface area contributed by atoms with Gasteiger partial charge in [-0.3, -0.25) is 0 Å². The number of hydrogen-bond donors (Lipinski definition) is 0. The summed E-state index contributed by atoms with van der Waals surface area (Å²) in [5.41, 5.74) is 1.09. The summed E-state index contributed by atoms with van der Waals surface area (Å²) in [7, 11) is 1.67. The lowest BCUT2D eigenvalue weighted by Gasteiger charge is -2.30. The van der Waals surface area contributed by atoms with Crippen molar-refractivity contribution in [1.29, 1.82) is 0 Å². The Bertz CT molecular complexity index is 504. The van der Waals surface area contributed by atoms with Crippen LogP contribution in [0.1, 0.15) is 25.3 Å². The van der Waals surface area contributed by atoms with E-state index < -0.39 is 0 Å². The van der Waals surface area contributed by atoms with Gasteiger partial charge in [-0.25, -0.2) is 0 Å². The van der Waals surface area contributed by atoms with Crippen LogP contribution >= 0.6 is 0 Å². The van der Waals surface area contributed by atoms with E-state index in [1.54, 1.807) is 7.11 Å². The third-order valence-corrected chi connectivity index (χ3v) is 4.41. The van der Waals surface area contributed by atoms with Gasteiger partial charge in [-0.2, -0.15) is 0 Å². The Morgan fingerprint density at radius 3 is 2.92 bits per heavy atom. The highest BCUT2D eigenvalue weighted by Crippen LogP contribution is 2.25. The molecule has 0 aromatic heterocycles. The molecule has 4 heteroatoms. The number of allylic oxidation sites excluding steroid dienone is 1. The second-order valence-electron chi connectivity index (χ2n) is 6.48. The molecule has 0 aliphatic carbocycles. The van der Waals surface area contributed by atoms with E-state index in [9.17, 15) is 0 Å². The smallest absolute Gasteiger partial charge is 0.123 e. The van der Waals surface area contributed by atoms with Crippen molar-refractivity contribution in [3.63, 3.8) is 0 Å². The topological polar surface area (TPSA) is 30.9 Å². The van der Waals surface area contributed by atoms with Crippen LogP contribution < -0.4 is 9.47 Å². The Labute approximate surface area is 146 Å². The number of likely N-dealkylation sites (tertiary alicyclic amines) is 1. The fourth-order valence-electron chi connectivity index (χ4n) is 3.13. The van der Waals surface area contributed by atoms with Crippen molar-refractivity contribution in [2.24, 2.45) is 5.92 Å². The van der Waals surface area contributed by atoms with Crippen LogP contribution in [0.5, 0.6) is 11.5 Å². The van der Waals surface area contributed by atoms with E-state index in [0.717, 1.165) is 42.6 Å². The molecule has 2 rings (SSSR count). The molecular weight excluding hydrogens is 302 g/mol. The van der Waals surface area contributed by atoms with Gasteiger partial charge in [-0.1, -0.05) is 13.0 Å². The minimum absolute atomic E-state index is 0.562. The van der Waals surface area contributed by atoms with Gasteiger partial charge >= 0.3 is 0 Å². The highest BCUT2D eigenvalue weighted by atomic mass is 16.5. The maximum atomic E-state index is 5.86. The largest absolute Gasteiger partial charge is 0.497 e. The SMILES string of the molecule is C=CCc1cc(OC)ccc1OCCOCCN1CCCC(C)C1. The first kappa shape index (κ1) is 18.8. The van der Waals surface area contributed by atoms with Crippen LogP contribution in [0.2, 0.25) is 0 Å². The molecule has 0 N–H and O–H groups in total. The van der Waals surface area contributed by atoms with Crippen LogP contribution in [-0.4, -0.2) is 51.5 Å². The lowest BCUT2D eigenvalue weighted by atomic mass is 10.0. The van der Waals surface area contributed by atoms with Crippen molar-refractivity contribution in [2.45, 2.75) is 26.2 Å². The van der Waals surface area contributed by atoms with E-state index >= 15 is 0 Å². The van der Waals surface area contributed by atoms with Gasteiger partial charge in [0, 0.05) is 18.7 Å². The fraction of sp³-hybridized carbons (Fsp3) is 0.600. The monoisotopic (exact) mass is 333 g/mol. The van der Waals surface area contributed by atoms with Gasteiger partial charge in [0.05, 0.1) is 20.3 Å². The lowest BCUT2D eigenvalue weighted by molar-refractivity contribution is 0.0687. The second kappa shape index (κ2) is 10.4. The molecule has 4 nitrogen and oxygen atoms in total. The average molecular weight is 333 g/mol. The highest BCUT2D eigenvalue weighted by Gasteiger charge is 2.15. The van der Waals surface area contributed by atoms with Crippen LogP contribution in [-0.2, 0) is 11.2 Å². The van der Waals surface area contributed by atoms with Crippen molar-refractivity contribution in [3.05, 3.63) is 36.4 Å². The van der Waals surface area contributed by atoms with Gasteiger partial charge < -0.3 is 19.1 Å². The average Bonchev–Trinajstić information content (AvgIpc) is 2.59. The zero-order valence-corrected chi connectivity index (χ0v) is 15.1. The van der Waals surface area contributed by atoms with E-state index in [0.29, 0.717) is 13.2 Å². The summed E-state index contributed by atoms with van der Waals surface area (Å²) in [6.07, 6.45) is 5.31. The Morgan fingerprint density at radius 2 is 2.17 bits per heavy atom. The van der Waals surface area contributed by atoms with E-state index in [4.69, 9.17) is 14.2 Å². The molecule has 1 aliphatic heterocycles. The molecule has 0 spiro atoms. The number of hydrogen-bond acceptors (Lipinski definition) is 4. The van der Waals surface area contributed by atoms with Crippen LogP contribution in [0.3, 0.4) is 0 Å². The summed E-state index contributed by atoms with van der Waals surface area (Å²) in [5.74, 6) is 2.54. The standard InChI is InChI=1S/C20H31NO3/c1-4-6-18-15-19(22-3)8-9-20(18)24-14-13-23-12-11-21-10-5-7-17(2)16-21/h4,8-9,15,17H,1,5-7,10-14,16H2,2-3H3. The summed E-state index contributed by atoms with van der Waals surface area (Å²) in [4.78, 5) is 2.50. The summed E-state index contributed by atoms with van der Waals surface area (Å²) >= 11 is 0. The molecule has 134 valence electrons. The van der Waals surface area contributed by atoms with Crippen molar-refractivity contribution in [2.75, 3.05) is 46.6 Å². The molecule has 0 amide bonds. The molecule has 1 atom stereocenters. The zero-order chi connectivity index (χ0) is 17.2. The Hall–Kier alpha value is -1.52. The fourth-order valence-corrected chi connectivity index (χ4v) is 3.13. The van der Waals surface area contributed by atoms with Crippen molar-refractivity contribution in [1.82, 2.24) is 4.90 Å². The summed E-state index contributed by atoms with van der Waals surface area (Å²) in [6, 6.07) is 5.86. The van der Waals surface area contributed by atoms with Crippen LogP contribution in [0.15, 0.2) is 30.9 Å². The molecule has 1 aliphatic rings. The minimum atomic E-state index is 0.562. The van der Waals surface area contributed by atoms with Gasteiger partial charge in [0.2, 0.25) is 0 Å². The minimum Gasteiger partial charge on any atom is -0.497 e. The van der Waals surface area contributed by atoms with Gasteiger partial charge in [-0.05, 0) is 49.9 Å². The normalized spacial score (nSPS) is 18.3. The highest BCUT2D eigenvalue weighted by molar-refractivity contribution is 5.41. The first-order valence-corrected chi connectivity index (χ1v) is 8.93. The molecule has 1 aromatic rings. The number of benzene rings is 1. The Kier molecular flexibility index (Phi) is 8.13. The predicted molar refractivity (Wildman–Crippen MR) is 98.0 cm³/mol. The molecule has 0 saturated carbocycles. The Morgan fingerprint density at radius 1 is 1.29 bits per heavy atom. The van der Waals surface area contributed by atoms with Crippen molar-refractivity contribution in [3.8, 4) is 11.5 Å². The van der Waals surface area contributed by atoms with Gasteiger partial charge in [0.15, 0.2) is 0 Å². The van der Waals surface area contributed by atoms with E-state index in [1.807, 2.05) is 24.3 Å². The summed E-state index contributed by atoms with van der Waals surface area (Å²) in [6.45, 7) is 11.5. The number of piperidine rings is 1. The summed E-state index contributed by atoms with van der Waals surface area (Å²) < 4.78 is 16.8. The maximum Gasteiger partial charge on any atom is 0.123 e. The van der Waals surface area contributed by atoms with Gasteiger partial charge in [0.1, 0.15) is 18.1 Å². The Balaban J connectivity index is 1.65. The zero-order valence-electron chi connectivity index (χ0n) is 15.1. The number of rotatable bonds is 10. The van der Waals surface area contributed by atoms with E-state index in [-0.39, 0.29) is 0 Å². The predicted octanol–water partition coefficient (Wildman–Crippen LogP) is 3.55. The molecule has 1 heterocycles. The van der Waals surface area contributed by atoms with Gasteiger partial charge in [-0.15, -0.1) is 6.58 Å². The molecule has 1 fully saturated rings. The van der Waals surface area contributed by atoms with E-state index in [1.165, 1.54) is 25.9 Å². The van der Waals surface area contributed by atoms with Crippen molar-refractivity contribution >= 4 is 0 Å². The third kappa shape index (κ3) is 6.17. The quantitative estimate of drug-likeness (QED) is 0.484. The summed E-state index contributed by atoms with van der Waals surface area (Å²) in [5, 5.41) is 0. The van der Waals surface area contributed by atoms with Crippen LogP contribution in [0.4, 0.5) is 0 Å².